The molecule has 2 fully saturated rings. The smallest absolute Gasteiger partial charge is 0.234 e. The zero-order valence-corrected chi connectivity index (χ0v) is 22.8. The van der Waals surface area contributed by atoms with Crippen molar-refractivity contribution in [3.05, 3.63) is 41.7 Å². The van der Waals surface area contributed by atoms with Gasteiger partial charge in [0.05, 0.1) is 20.3 Å². The van der Waals surface area contributed by atoms with Crippen LogP contribution in [-0.4, -0.2) is 78.2 Å². The quantitative estimate of drug-likeness (QED) is 0.595. The highest BCUT2D eigenvalue weighted by Gasteiger charge is 2.44. The first-order valence-corrected chi connectivity index (χ1v) is 14.2. The summed E-state index contributed by atoms with van der Waals surface area (Å²) >= 11 is 0. The van der Waals surface area contributed by atoms with E-state index in [1.165, 1.54) is 18.4 Å². The minimum absolute atomic E-state index is 0.0928. The molecule has 206 valence electrons. The number of hydrogen-bond donors (Lipinski definition) is 2. The molecular formula is C29H42N6O3. The molecular weight excluding hydrogens is 480 g/mol. The summed E-state index contributed by atoms with van der Waals surface area (Å²) < 4.78 is 11.8. The number of amides is 1. The number of carbonyl (C=O) groups excluding carboxylic acids is 1. The zero-order chi connectivity index (χ0) is 26.3. The predicted molar refractivity (Wildman–Crippen MR) is 147 cm³/mol. The lowest BCUT2D eigenvalue weighted by Gasteiger charge is -2.25. The van der Waals surface area contributed by atoms with E-state index in [1.807, 2.05) is 18.5 Å². The number of hydrogen-bond acceptors (Lipinski definition) is 8. The van der Waals surface area contributed by atoms with Crippen molar-refractivity contribution in [2.75, 3.05) is 51.8 Å². The summed E-state index contributed by atoms with van der Waals surface area (Å²) in [6, 6.07) is 7.29. The van der Waals surface area contributed by atoms with Gasteiger partial charge >= 0.3 is 0 Å². The number of carbonyl (C=O) groups is 1. The Morgan fingerprint density at radius 3 is 2.87 bits per heavy atom. The molecule has 4 heterocycles. The van der Waals surface area contributed by atoms with Crippen LogP contribution < -0.4 is 20.1 Å². The monoisotopic (exact) mass is 522 g/mol. The van der Waals surface area contributed by atoms with Crippen LogP contribution >= 0.6 is 0 Å². The van der Waals surface area contributed by atoms with E-state index in [0.717, 1.165) is 68.9 Å². The Kier molecular flexibility index (Phi) is 8.96. The van der Waals surface area contributed by atoms with Gasteiger partial charge in [0.2, 0.25) is 11.9 Å². The van der Waals surface area contributed by atoms with Gasteiger partial charge in [-0.1, -0.05) is 13.0 Å². The molecule has 38 heavy (non-hydrogen) atoms. The maximum atomic E-state index is 13.1. The van der Waals surface area contributed by atoms with Crippen LogP contribution in [0.3, 0.4) is 0 Å². The van der Waals surface area contributed by atoms with Gasteiger partial charge in [0.1, 0.15) is 0 Å². The first-order valence-electron chi connectivity index (χ1n) is 14.2. The predicted octanol–water partition coefficient (Wildman–Crippen LogP) is 3.62. The minimum Gasteiger partial charge on any atom is -0.493 e. The summed E-state index contributed by atoms with van der Waals surface area (Å²) in [5.74, 6) is 2.81. The largest absolute Gasteiger partial charge is 0.493 e. The molecule has 5 rings (SSSR count). The van der Waals surface area contributed by atoms with Crippen LogP contribution in [0, 0.1) is 5.92 Å². The fourth-order valence-corrected chi connectivity index (χ4v) is 6.21. The lowest BCUT2D eigenvalue weighted by molar-refractivity contribution is -0.122. The van der Waals surface area contributed by atoms with Gasteiger partial charge in [-0.25, -0.2) is 9.97 Å². The molecule has 1 amide bonds. The van der Waals surface area contributed by atoms with Gasteiger partial charge in [-0.2, -0.15) is 0 Å². The number of methoxy groups -OCH3 is 1. The van der Waals surface area contributed by atoms with Crippen molar-refractivity contribution in [3.8, 4) is 11.5 Å². The van der Waals surface area contributed by atoms with Crippen LogP contribution in [0.1, 0.15) is 62.6 Å². The Morgan fingerprint density at radius 1 is 1.18 bits per heavy atom. The fourth-order valence-electron chi connectivity index (χ4n) is 6.21. The number of rotatable bonds is 6. The normalized spacial score (nSPS) is 24.9. The van der Waals surface area contributed by atoms with Crippen LogP contribution in [0.5, 0.6) is 11.5 Å². The summed E-state index contributed by atoms with van der Waals surface area (Å²) in [5.41, 5.74) is 2.30. The number of nitrogens with one attached hydrogen (secondary N) is 2. The minimum atomic E-state index is 0.0928. The van der Waals surface area contributed by atoms with E-state index in [1.54, 1.807) is 7.11 Å². The summed E-state index contributed by atoms with van der Waals surface area (Å²) in [6.45, 7) is 7.23. The van der Waals surface area contributed by atoms with Gasteiger partial charge in [-0.05, 0) is 75.2 Å². The van der Waals surface area contributed by atoms with Crippen LogP contribution in [0.4, 0.5) is 5.95 Å². The second-order valence-corrected chi connectivity index (χ2v) is 10.8. The van der Waals surface area contributed by atoms with Crippen molar-refractivity contribution in [1.82, 2.24) is 25.1 Å². The Morgan fingerprint density at radius 2 is 2.05 bits per heavy atom. The van der Waals surface area contributed by atoms with Gasteiger partial charge < -0.3 is 20.1 Å². The highest BCUT2D eigenvalue weighted by atomic mass is 16.5. The fraction of sp³-hybridized carbons (Fsp3) is 0.621. The van der Waals surface area contributed by atoms with Crippen LogP contribution in [0.2, 0.25) is 0 Å². The first-order chi connectivity index (χ1) is 18.6. The second-order valence-electron chi connectivity index (χ2n) is 10.8. The first kappa shape index (κ1) is 26.7. The maximum Gasteiger partial charge on any atom is 0.234 e. The van der Waals surface area contributed by atoms with Gasteiger partial charge in [-0.15, -0.1) is 0 Å². The van der Waals surface area contributed by atoms with Crippen molar-refractivity contribution in [3.63, 3.8) is 0 Å². The number of fused-ring (bicyclic) bond motifs is 8. The maximum absolute atomic E-state index is 13.1. The number of nitrogens with zero attached hydrogens (tertiary/aromatic N) is 4. The third-order valence-corrected chi connectivity index (χ3v) is 8.08. The average molecular weight is 523 g/mol. The number of aromatic nitrogens is 2. The highest BCUT2D eigenvalue weighted by Crippen LogP contribution is 2.46. The molecule has 2 aromatic rings. The second kappa shape index (κ2) is 12.8. The SMILES string of the molecule is CCCNc1ncc(CN2CCCCOc3cc(ccc3OC)[C@H]3C[C@H](CNC(=O)C2)[C@@H]2CCCN32)cn1. The highest BCUT2D eigenvalue weighted by molar-refractivity contribution is 5.78. The third kappa shape index (κ3) is 6.38. The van der Waals surface area contributed by atoms with E-state index in [4.69, 9.17) is 9.47 Å². The van der Waals surface area contributed by atoms with Crippen molar-refractivity contribution >= 4 is 11.9 Å². The molecule has 0 spiro atoms. The Balaban J connectivity index is 1.30. The van der Waals surface area contributed by atoms with Crippen molar-refractivity contribution < 1.29 is 14.3 Å². The molecule has 0 aliphatic carbocycles. The zero-order valence-electron chi connectivity index (χ0n) is 22.8. The lowest BCUT2D eigenvalue weighted by atomic mass is 9.94. The summed E-state index contributed by atoms with van der Waals surface area (Å²) in [5, 5.41) is 6.50. The average Bonchev–Trinajstić information content (AvgIpc) is 3.54. The molecule has 2 saturated heterocycles. The van der Waals surface area contributed by atoms with E-state index >= 15 is 0 Å². The standard InChI is InChI=1S/C29H42N6O3/c1-3-10-30-29-32-16-21(17-33-29)19-34-11-4-5-13-38-27-15-22(8-9-26(27)37-2)25-14-23(18-31-28(36)20-34)24-7-6-12-35(24)25/h8-9,15-17,23-25H,3-7,10-14,18-20H2,1-2H3,(H,31,36)(H,30,32,33)/t23-,24+,25-/m1/s1. The number of benzene rings is 1. The Bertz CT molecular complexity index is 1060. The Labute approximate surface area is 226 Å². The molecule has 0 radical (unpaired) electrons. The van der Waals surface area contributed by atoms with Crippen molar-refractivity contribution in [2.24, 2.45) is 5.92 Å². The summed E-state index contributed by atoms with van der Waals surface area (Å²) in [4.78, 5) is 26.8. The molecule has 9 nitrogen and oxygen atoms in total. The van der Waals surface area contributed by atoms with Crippen LogP contribution in [0.25, 0.3) is 0 Å². The van der Waals surface area contributed by atoms with E-state index < -0.39 is 0 Å². The third-order valence-electron chi connectivity index (χ3n) is 8.08. The topological polar surface area (TPSA) is 91.8 Å². The molecule has 2 N–H and O–H groups in total. The molecule has 3 atom stereocenters. The number of ether oxygens (including phenoxy) is 2. The molecule has 4 bridgehead atoms. The van der Waals surface area contributed by atoms with Crippen molar-refractivity contribution in [1.29, 1.82) is 0 Å². The molecule has 3 aliphatic rings. The molecule has 0 unspecified atom stereocenters. The molecule has 1 aromatic carbocycles. The molecule has 3 aliphatic heterocycles. The van der Waals surface area contributed by atoms with Crippen molar-refractivity contribution in [2.45, 2.75) is 64.1 Å². The van der Waals surface area contributed by atoms with E-state index in [9.17, 15) is 4.79 Å². The van der Waals surface area contributed by atoms with Gasteiger partial charge in [0.15, 0.2) is 11.5 Å². The van der Waals surface area contributed by atoms with Gasteiger partial charge in [-0.3, -0.25) is 14.6 Å². The summed E-state index contributed by atoms with van der Waals surface area (Å²) in [7, 11) is 1.70. The lowest BCUT2D eigenvalue weighted by Crippen LogP contribution is -2.41. The molecule has 0 saturated carbocycles. The van der Waals surface area contributed by atoms with Crippen LogP contribution in [0.15, 0.2) is 30.6 Å². The van der Waals surface area contributed by atoms with Gasteiger partial charge in [0.25, 0.3) is 0 Å². The number of anilines is 1. The molecule has 1 aromatic heterocycles. The van der Waals surface area contributed by atoms with Crippen LogP contribution in [-0.2, 0) is 11.3 Å². The van der Waals surface area contributed by atoms with E-state index in [-0.39, 0.29) is 5.91 Å². The van der Waals surface area contributed by atoms with E-state index in [0.29, 0.717) is 43.6 Å². The molecule has 9 heteroatoms. The summed E-state index contributed by atoms with van der Waals surface area (Å²) in [6.07, 6.45) is 10.0. The van der Waals surface area contributed by atoms with Gasteiger partial charge in [0, 0.05) is 49.7 Å². The van der Waals surface area contributed by atoms with E-state index in [2.05, 4.69) is 49.5 Å². The Hall–Kier alpha value is -2.91.